The number of aryl methyl sites for hydroxylation is 1. The van der Waals surface area contributed by atoms with Gasteiger partial charge in [0.25, 0.3) is 5.56 Å². The van der Waals surface area contributed by atoms with Crippen LogP contribution in [0.15, 0.2) is 52.7 Å². The molecule has 0 amide bonds. The normalized spacial score (nSPS) is 11.0. The molecule has 6 nitrogen and oxygen atoms in total. The Morgan fingerprint density at radius 1 is 1.20 bits per heavy atom. The quantitative estimate of drug-likeness (QED) is 0.731. The van der Waals surface area contributed by atoms with Crippen molar-refractivity contribution >= 4 is 23.1 Å². The van der Waals surface area contributed by atoms with E-state index < -0.39 is 0 Å². The number of pyridine rings is 2. The molecule has 0 aromatic carbocycles. The minimum atomic E-state index is -0.0501. The molecule has 7 heteroatoms. The van der Waals surface area contributed by atoms with Crippen LogP contribution in [0.25, 0.3) is 5.65 Å². The van der Waals surface area contributed by atoms with Crippen LogP contribution in [0, 0.1) is 0 Å². The van der Waals surface area contributed by atoms with Crippen LogP contribution in [-0.2, 0) is 6.54 Å². The van der Waals surface area contributed by atoms with E-state index in [1.807, 2.05) is 28.8 Å². The zero-order valence-corrected chi connectivity index (χ0v) is 11.5. The van der Waals surface area contributed by atoms with E-state index >= 15 is 0 Å². The third-order valence-corrected chi connectivity index (χ3v) is 3.78. The zero-order chi connectivity index (χ0) is 13.9. The second-order valence-electron chi connectivity index (χ2n) is 4.25. The predicted octanol–water partition coefficient (Wildman–Crippen LogP) is 1.27. The van der Waals surface area contributed by atoms with Gasteiger partial charge in [-0.1, -0.05) is 17.8 Å². The number of fused-ring (bicyclic) bond motifs is 1. The van der Waals surface area contributed by atoms with Gasteiger partial charge >= 0.3 is 0 Å². The molecular weight excluding hydrogens is 274 g/mol. The van der Waals surface area contributed by atoms with Gasteiger partial charge < -0.3 is 10.3 Å². The van der Waals surface area contributed by atoms with E-state index in [9.17, 15) is 4.79 Å². The first kappa shape index (κ1) is 12.7. The van der Waals surface area contributed by atoms with E-state index in [2.05, 4.69) is 10.2 Å². The average Bonchev–Trinajstić information content (AvgIpc) is 2.86. The van der Waals surface area contributed by atoms with Gasteiger partial charge in [-0.25, -0.2) is 0 Å². The summed E-state index contributed by atoms with van der Waals surface area (Å²) in [6.45, 7) is 0.580. The second-order valence-corrected chi connectivity index (χ2v) is 5.32. The number of nitrogens with two attached hydrogens (primary N) is 1. The van der Waals surface area contributed by atoms with Crippen LogP contribution < -0.4 is 11.3 Å². The van der Waals surface area contributed by atoms with Crippen LogP contribution in [0.3, 0.4) is 0 Å². The molecule has 0 fully saturated rings. The first-order valence-electron chi connectivity index (χ1n) is 6.12. The third-order valence-electron chi connectivity index (χ3n) is 2.85. The molecule has 0 aliphatic rings. The van der Waals surface area contributed by atoms with Crippen LogP contribution in [-0.4, -0.2) is 24.9 Å². The van der Waals surface area contributed by atoms with Crippen molar-refractivity contribution in [1.29, 1.82) is 0 Å². The molecule has 20 heavy (non-hydrogen) atoms. The predicted molar refractivity (Wildman–Crippen MR) is 78.8 cm³/mol. The molecule has 0 saturated heterocycles. The van der Waals surface area contributed by atoms with E-state index in [0.717, 1.165) is 16.6 Å². The molecule has 0 aliphatic carbocycles. The molecule has 3 heterocycles. The molecule has 0 unspecified atom stereocenters. The van der Waals surface area contributed by atoms with E-state index in [0.29, 0.717) is 12.2 Å². The Bertz CT molecular complexity index is 795. The molecule has 0 atom stereocenters. The summed E-state index contributed by atoms with van der Waals surface area (Å²) < 4.78 is 3.53. The maximum absolute atomic E-state index is 11.6. The number of anilines is 1. The van der Waals surface area contributed by atoms with Gasteiger partial charge in [0.1, 0.15) is 0 Å². The fourth-order valence-corrected chi connectivity index (χ4v) is 2.74. The molecule has 0 aliphatic heterocycles. The summed E-state index contributed by atoms with van der Waals surface area (Å²) in [6.07, 6.45) is 3.58. The van der Waals surface area contributed by atoms with Crippen molar-refractivity contribution in [2.45, 2.75) is 11.7 Å². The minimum Gasteiger partial charge on any atom is -0.398 e. The van der Waals surface area contributed by atoms with Crippen molar-refractivity contribution in [3.63, 3.8) is 0 Å². The Morgan fingerprint density at radius 3 is 3.00 bits per heavy atom. The molecule has 102 valence electrons. The molecule has 3 aromatic heterocycles. The van der Waals surface area contributed by atoms with Crippen molar-refractivity contribution in [1.82, 2.24) is 19.2 Å². The summed E-state index contributed by atoms with van der Waals surface area (Å²) in [7, 11) is 0. The van der Waals surface area contributed by atoms with Crippen LogP contribution in [0.4, 0.5) is 5.69 Å². The van der Waals surface area contributed by atoms with E-state index in [1.54, 1.807) is 28.6 Å². The van der Waals surface area contributed by atoms with Crippen molar-refractivity contribution in [3.05, 3.63) is 53.1 Å². The van der Waals surface area contributed by atoms with Gasteiger partial charge in [-0.3, -0.25) is 9.20 Å². The molecule has 3 aromatic rings. The van der Waals surface area contributed by atoms with Crippen molar-refractivity contribution in [2.75, 3.05) is 11.5 Å². The fourth-order valence-electron chi connectivity index (χ4n) is 1.88. The number of thioether (sulfide) groups is 1. The van der Waals surface area contributed by atoms with Crippen LogP contribution in [0.5, 0.6) is 0 Å². The number of hydrogen-bond donors (Lipinski definition) is 1. The highest BCUT2D eigenvalue weighted by molar-refractivity contribution is 7.99. The smallest absolute Gasteiger partial charge is 0.250 e. The third kappa shape index (κ3) is 2.53. The van der Waals surface area contributed by atoms with E-state index in [-0.39, 0.29) is 5.56 Å². The van der Waals surface area contributed by atoms with Gasteiger partial charge in [0.15, 0.2) is 10.8 Å². The molecule has 0 bridgehead atoms. The van der Waals surface area contributed by atoms with Gasteiger partial charge in [-0.2, -0.15) is 0 Å². The Morgan fingerprint density at radius 2 is 2.10 bits per heavy atom. The summed E-state index contributed by atoms with van der Waals surface area (Å²) in [5.74, 6) is 0.721. The maximum Gasteiger partial charge on any atom is 0.250 e. The highest BCUT2D eigenvalue weighted by atomic mass is 32.2. The van der Waals surface area contributed by atoms with Gasteiger partial charge in [0, 0.05) is 36.4 Å². The lowest BCUT2D eigenvalue weighted by Crippen LogP contribution is -2.19. The Balaban J connectivity index is 1.71. The number of aromatic nitrogens is 4. The average molecular weight is 287 g/mol. The van der Waals surface area contributed by atoms with Gasteiger partial charge in [-0.15, -0.1) is 10.2 Å². The van der Waals surface area contributed by atoms with Crippen molar-refractivity contribution in [2.24, 2.45) is 0 Å². The first-order valence-corrected chi connectivity index (χ1v) is 7.11. The number of nitrogens with zero attached hydrogens (tertiary/aromatic N) is 4. The zero-order valence-electron chi connectivity index (χ0n) is 10.6. The molecule has 0 saturated carbocycles. The van der Waals surface area contributed by atoms with Crippen molar-refractivity contribution in [3.8, 4) is 0 Å². The SMILES string of the molecule is Nc1ccc(=O)n(CCSc2nnc3ccccn23)c1. The lowest BCUT2D eigenvalue weighted by atomic mass is 10.4. The first-order chi connectivity index (χ1) is 9.74. The highest BCUT2D eigenvalue weighted by Crippen LogP contribution is 2.16. The Kier molecular flexibility index (Phi) is 3.42. The summed E-state index contributed by atoms with van der Waals surface area (Å²) in [6, 6.07) is 8.84. The maximum atomic E-state index is 11.6. The number of hydrogen-bond acceptors (Lipinski definition) is 5. The lowest BCUT2D eigenvalue weighted by molar-refractivity contribution is 0.735. The molecule has 0 radical (unpaired) electrons. The summed E-state index contributed by atoms with van der Waals surface area (Å²) in [5.41, 5.74) is 7.03. The minimum absolute atomic E-state index is 0.0501. The van der Waals surface area contributed by atoms with Crippen molar-refractivity contribution < 1.29 is 0 Å². The second kappa shape index (κ2) is 5.38. The summed E-state index contributed by atoms with van der Waals surface area (Å²) in [4.78, 5) is 11.6. The molecular formula is C13H13N5OS. The van der Waals surface area contributed by atoms with Gasteiger partial charge in [-0.05, 0) is 18.2 Å². The van der Waals surface area contributed by atoms with Crippen LogP contribution in [0.1, 0.15) is 0 Å². The van der Waals surface area contributed by atoms with E-state index in [4.69, 9.17) is 5.73 Å². The Labute approximate surface area is 119 Å². The lowest BCUT2D eigenvalue weighted by Gasteiger charge is -2.05. The van der Waals surface area contributed by atoms with Crippen LogP contribution in [0.2, 0.25) is 0 Å². The number of nitrogen functional groups attached to an aromatic ring is 1. The summed E-state index contributed by atoms with van der Waals surface area (Å²) >= 11 is 1.55. The van der Waals surface area contributed by atoms with Gasteiger partial charge in [0.2, 0.25) is 0 Å². The number of rotatable bonds is 4. The topological polar surface area (TPSA) is 78.2 Å². The van der Waals surface area contributed by atoms with Crippen LogP contribution >= 0.6 is 11.8 Å². The van der Waals surface area contributed by atoms with E-state index in [1.165, 1.54) is 6.07 Å². The molecule has 3 rings (SSSR count). The standard InChI is InChI=1S/C13H13N5OS/c14-10-4-5-12(19)17(9-10)7-8-20-13-16-15-11-3-1-2-6-18(11)13/h1-6,9H,7-8,14H2. The van der Waals surface area contributed by atoms with Gasteiger partial charge in [0.05, 0.1) is 0 Å². The largest absolute Gasteiger partial charge is 0.398 e. The highest BCUT2D eigenvalue weighted by Gasteiger charge is 2.05. The monoisotopic (exact) mass is 287 g/mol. The molecule has 0 spiro atoms. The summed E-state index contributed by atoms with van der Waals surface area (Å²) in [5, 5.41) is 9.03. The molecule has 2 N–H and O–H groups in total. The fraction of sp³-hybridized carbons (Fsp3) is 0.154. The Hall–Kier alpha value is -2.28.